The molecule has 3 N–H and O–H groups in total. The summed E-state index contributed by atoms with van der Waals surface area (Å²) in [5, 5.41) is 0. The van der Waals surface area contributed by atoms with Crippen LogP contribution in [0.4, 0.5) is 5.69 Å². The van der Waals surface area contributed by atoms with Crippen molar-refractivity contribution < 1.29 is 25.9 Å². The van der Waals surface area contributed by atoms with E-state index in [4.69, 9.17) is 14.8 Å². The number of rotatable bonds is 2. The molecule has 9 heteroatoms. The maximum absolute atomic E-state index is 10.6. The molecule has 0 aliphatic carbocycles. The first-order valence-corrected chi connectivity index (χ1v) is 6.31. The fourth-order valence-corrected chi connectivity index (χ4v) is 1.98. The molecule has 1 radical (unpaired) electrons. The van der Waals surface area contributed by atoms with Gasteiger partial charge < -0.3 is 0 Å². The molecule has 0 aliphatic rings. The van der Waals surface area contributed by atoms with Gasteiger partial charge in [0.1, 0.15) is 4.90 Å². The third-order valence-corrected chi connectivity index (χ3v) is 3.29. The quantitative estimate of drug-likeness (QED) is 0.717. The van der Waals surface area contributed by atoms with Crippen molar-refractivity contribution in [2.45, 2.75) is 9.79 Å². The third-order valence-electron chi connectivity index (χ3n) is 1.53. The Balaban J connectivity index is 3.47. The summed E-state index contributed by atoms with van der Waals surface area (Å²) in [6.07, 6.45) is 0. The zero-order valence-electron chi connectivity index (χ0n) is 7.08. The van der Waals surface area contributed by atoms with E-state index in [2.05, 4.69) is 0 Å². The molecule has 15 heavy (non-hydrogen) atoms. The average Bonchev–Trinajstić information content (AvgIpc) is 1.99. The van der Waals surface area contributed by atoms with E-state index >= 15 is 0 Å². The van der Waals surface area contributed by atoms with E-state index in [0.29, 0.717) is 6.07 Å². The van der Waals surface area contributed by atoms with Crippen LogP contribution in [0.1, 0.15) is 0 Å². The molecule has 0 heterocycles. The fraction of sp³-hybridized carbons (Fsp3) is 0. The van der Waals surface area contributed by atoms with Gasteiger partial charge in [-0.3, -0.25) is 14.8 Å². The highest BCUT2D eigenvalue weighted by Gasteiger charge is 2.18. The minimum atomic E-state index is -4.56. The molecule has 0 fully saturated rings. The SMILES string of the molecule is [NH]c1cc(S(=O)(=O)O)ccc1S(=O)(=O)O. The van der Waals surface area contributed by atoms with E-state index in [0.717, 1.165) is 12.1 Å². The molecule has 0 aromatic heterocycles. The van der Waals surface area contributed by atoms with Gasteiger partial charge in [0.2, 0.25) is 0 Å². The Hall–Kier alpha value is -1.16. The van der Waals surface area contributed by atoms with Crippen LogP contribution in [0.25, 0.3) is 0 Å². The Morgan fingerprint density at radius 3 is 1.87 bits per heavy atom. The molecule has 0 saturated heterocycles. The van der Waals surface area contributed by atoms with Gasteiger partial charge in [0.25, 0.3) is 20.2 Å². The van der Waals surface area contributed by atoms with E-state index in [-0.39, 0.29) is 0 Å². The first kappa shape index (κ1) is 11.9. The predicted molar refractivity (Wildman–Crippen MR) is 48.8 cm³/mol. The molecule has 0 amide bonds. The van der Waals surface area contributed by atoms with Crippen LogP contribution in [0.15, 0.2) is 28.0 Å². The lowest BCUT2D eigenvalue weighted by Crippen LogP contribution is -2.03. The Morgan fingerprint density at radius 1 is 1.00 bits per heavy atom. The second kappa shape index (κ2) is 3.45. The molecule has 1 aromatic carbocycles. The minimum Gasteiger partial charge on any atom is -0.299 e. The molecular formula is C6H6NO6S2. The molecule has 0 spiro atoms. The minimum absolute atomic E-state index is 0.611. The van der Waals surface area contributed by atoms with Crippen molar-refractivity contribution in [1.82, 2.24) is 5.73 Å². The summed E-state index contributed by atoms with van der Waals surface area (Å²) >= 11 is 0. The zero-order chi connectivity index (χ0) is 11.9. The molecule has 0 unspecified atom stereocenters. The standard InChI is InChI=1S/C6H6NO6S2/c7-5-3-4(14(8,9)10)1-2-6(5)15(11,12)13/h1-3,7H,(H,8,9,10)(H,11,12,13). The molecule has 7 nitrogen and oxygen atoms in total. The van der Waals surface area contributed by atoms with Gasteiger partial charge in [-0.2, -0.15) is 16.8 Å². The van der Waals surface area contributed by atoms with E-state index in [9.17, 15) is 16.8 Å². The molecule has 0 bridgehead atoms. The molecule has 0 atom stereocenters. The maximum Gasteiger partial charge on any atom is 0.296 e. The molecular weight excluding hydrogens is 246 g/mol. The Kier molecular flexibility index (Phi) is 2.74. The van der Waals surface area contributed by atoms with Gasteiger partial charge in [-0.05, 0) is 18.2 Å². The van der Waals surface area contributed by atoms with Gasteiger partial charge in [0.05, 0.1) is 10.6 Å². The summed E-state index contributed by atoms with van der Waals surface area (Å²) in [7, 11) is -9.04. The smallest absolute Gasteiger partial charge is 0.296 e. The fourth-order valence-electron chi connectivity index (χ4n) is 0.894. The highest BCUT2D eigenvalue weighted by molar-refractivity contribution is 7.86. The molecule has 83 valence electrons. The van der Waals surface area contributed by atoms with E-state index in [1.54, 1.807) is 0 Å². The number of benzene rings is 1. The van der Waals surface area contributed by atoms with Gasteiger partial charge in [0, 0.05) is 0 Å². The van der Waals surface area contributed by atoms with Crippen molar-refractivity contribution in [2.75, 3.05) is 0 Å². The lowest BCUT2D eigenvalue weighted by atomic mass is 10.3. The Morgan fingerprint density at radius 2 is 1.53 bits per heavy atom. The summed E-state index contributed by atoms with van der Waals surface area (Å²) in [5.41, 5.74) is 6.42. The normalized spacial score (nSPS) is 12.7. The molecule has 1 aromatic rings. The highest BCUT2D eigenvalue weighted by atomic mass is 32.2. The predicted octanol–water partition coefficient (Wildman–Crippen LogP) is 0.0944. The first-order chi connectivity index (χ1) is 6.62. The van der Waals surface area contributed by atoms with Crippen molar-refractivity contribution in [3.8, 4) is 0 Å². The maximum atomic E-state index is 10.6. The number of hydrogen-bond donors (Lipinski definition) is 2. The van der Waals surface area contributed by atoms with Crippen LogP contribution in [-0.4, -0.2) is 25.9 Å². The van der Waals surface area contributed by atoms with Crippen LogP contribution in [0.2, 0.25) is 0 Å². The van der Waals surface area contributed by atoms with Crippen LogP contribution >= 0.6 is 0 Å². The second-order valence-corrected chi connectivity index (χ2v) is 5.42. The van der Waals surface area contributed by atoms with Crippen molar-refractivity contribution >= 4 is 25.9 Å². The number of hydrogen-bond acceptors (Lipinski definition) is 4. The summed E-state index contributed by atoms with van der Waals surface area (Å²) in [6, 6.07) is 2.12. The van der Waals surface area contributed by atoms with E-state index in [1.807, 2.05) is 0 Å². The summed E-state index contributed by atoms with van der Waals surface area (Å²) in [4.78, 5) is -1.34. The van der Waals surface area contributed by atoms with Crippen molar-refractivity contribution in [3.05, 3.63) is 18.2 Å². The average molecular weight is 252 g/mol. The zero-order valence-corrected chi connectivity index (χ0v) is 8.71. The highest BCUT2D eigenvalue weighted by Crippen LogP contribution is 2.22. The first-order valence-electron chi connectivity index (χ1n) is 3.43. The third kappa shape index (κ3) is 2.65. The largest absolute Gasteiger partial charge is 0.299 e. The molecule has 1 rings (SSSR count). The van der Waals surface area contributed by atoms with Crippen molar-refractivity contribution in [3.63, 3.8) is 0 Å². The van der Waals surface area contributed by atoms with Gasteiger partial charge in [-0.1, -0.05) is 0 Å². The molecule has 0 saturated carbocycles. The van der Waals surface area contributed by atoms with Crippen LogP contribution < -0.4 is 5.73 Å². The van der Waals surface area contributed by atoms with Gasteiger partial charge in [-0.15, -0.1) is 0 Å². The van der Waals surface area contributed by atoms with Crippen molar-refractivity contribution in [1.29, 1.82) is 0 Å². The summed E-state index contributed by atoms with van der Waals surface area (Å²) in [5.74, 6) is 0. The molecule has 0 aliphatic heterocycles. The lowest BCUT2D eigenvalue weighted by molar-refractivity contribution is 0.478. The van der Waals surface area contributed by atoms with Crippen molar-refractivity contribution in [2.24, 2.45) is 0 Å². The summed E-state index contributed by atoms with van der Waals surface area (Å²) in [6.45, 7) is 0. The lowest BCUT2D eigenvalue weighted by Gasteiger charge is -2.02. The van der Waals surface area contributed by atoms with E-state index in [1.165, 1.54) is 0 Å². The number of nitrogens with one attached hydrogen (secondary N) is 1. The topological polar surface area (TPSA) is 133 Å². The van der Waals surface area contributed by atoms with Gasteiger partial charge >= 0.3 is 0 Å². The van der Waals surface area contributed by atoms with Gasteiger partial charge in [-0.25, -0.2) is 0 Å². The van der Waals surface area contributed by atoms with Crippen LogP contribution in [0.5, 0.6) is 0 Å². The summed E-state index contributed by atoms with van der Waals surface area (Å²) < 4.78 is 59.7. The Labute approximate surface area is 86.0 Å². The monoisotopic (exact) mass is 252 g/mol. The second-order valence-electron chi connectivity index (χ2n) is 2.61. The van der Waals surface area contributed by atoms with Crippen LogP contribution in [-0.2, 0) is 20.2 Å². The van der Waals surface area contributed by atoms with Gasteiger partial charge in [0.15, 0.2) is 0 Å². The van der Waals surface area contributed by atoms with E-state index < -0.39 is 35.7 Å². The van der Waals surface area contributed by atoms with Crippen LogP contribution in [0, 0.1) is 0 Å². The van der Waals surface area contributed by atoms with Crippen LogP contribution in [0.3, 0.4) is 0 Å². The Bertz CT molecular complexity index is 588.